The van der Waals surface area contributed by atoms with Gasteiger partial charge in [-0.15, -0.1) is 0 Å². The van der Waals surface area contributed by atoms with E-state index < -0.39 is 33.5 Å². The fourth-order valence-electron chi connectivity index (χ4n) is 8.32. The quantitative estimate of drug-likeness (QED) is 0.110. The van der Waals surface area contributed by atoms with Gasteiger partial charge in [-0.1, -0.05) is 63.1 Å². The monoisotopic (exact) mass is 717 g/mol. The molecule has 0 radical (unpaired) electrons. The second kappa shape index (κ2) is 14.4. The van der Waals surface area contributed by atoms with E-state index in [0.717, 1.165) is 60.5 Å². The maximum Gasteiger partial charge on any atom is 0.308 e. The summed E-state index contributed by atoms with van der Waals surface area (Å²) >= 11 is 0. The average molecular weight is 718 g/mol. The average Bonchev–Trinajstić information content (AvgIpc) is 3.71. The van der Waals surface area contributed by atoms with Crippen LogP contribution < -0.4 is 5.32 Å². The summed E-state index contributed by atoms with van der Waals surface area (Å²) in [6.07, 6.45) is 14.8. The van der Waals surface area contributed by atoms with Crippen LogP contribution in [0.3, 0.4) is 0 Å². The van der Waals surface area contributed by atoms with Crippen LogP contribution >= 0.6 is 0 Å². The second-order valence-electron chi connectivity index (χ2n) is 14.4. The van der Waals surface area contributed by atoms with E-state index in [-0.39, 0.29) is 45.1 Å². The summed E-state index contributed by atoms with van der Waals surface area (Å²) in [4.78, 5) is 22.4. The molecule has 0 amide bonds. The van der Waals surface area contributed by atoms with Gasteiger partial charge in [-0.3, -0.25) is 4.79 Å². The fourth-order valence-corrected chi connectivity index (χ4v) is 9.70. The predicted molar refractivity (Wildman–Crippen MR) is 194 cm³/mol. The van der Waals surface area contributed by atoms with Crippen LogP contribution in [-0.2, 0) is 21.4 Å². The van der Waals surface area contributed by atoms with E-state index in [0.29, 0.717) is 29.5 Å². The van der Waals surface area contributed by atoms with E-state index in [4.69, 9.17) is 9.97 Å². The summed E-state index contributed by atoms with van der Waals surface area (Å²) in [5.41, 5.74) is 1.28. The molecule has 2 unspecified atom stereocenters. The van der Waals surface area contributed by atoms with Crippen LogP contribution in [0.4, 0.5) is 14.6 Å². The first-order valence-corrected chi connectivity index (χ1v) is 19.7. The molecule has 2 atom stereocenters. The van der Waals surface area contributed by atoms with Crippen LogP contribution in [0.25, 0.3) is 33.3 Å². The zero-order valence-electron chi connectivity index (χ0n) is 29.1. The van der Waals surface area contributed by atoms with E-state index in [1.165, 1.54) is 44.0 Å². The minimum atomic E-state index is -4.31. The Kier molecular flexibility index (Phi) is 9.88. The van der Waals surface area contributed by atoms with Crippen molar-refractivity contribution in [2.24, 2.45) is 17.8 Å². The molecule has 51 heavy (non-hydrogen) atoms. The van der Waals surface area contributed by atoms with Crippen molar-refractivity contribution < 1.29 is 27.1 Å². The molecular weight excluding hydrogens is 673 g/mol. The summed E-state index contributed by atoms with van der Waals surface area (Å²) in [6.45, 7) is 4.72. The summed E-state index contributed by atoms with van der Waals surface area (Å²) < 4.78 is 61.4. The first-order chi connectivity index (χ1) is 24.6. The molecule has 270 valence electrons. The van der Waals surface area contributed by atoms with Crippen molar-refractivity contribution in [3.63, 3.8) is 0 Å². The molecule has 12 heteroatoms. The van der Waals surface area contributed by atoms with Crippen molar-refractivity contribution in [2.45, 2.75) is 102 Å². The Morgan fingerprint density at radius 3 is 2.31 bits per heavy atom. The molecule has 3 fully saturated rings. The molecular formula is C39H45F2N5O4S. The number of aryl methyl sites for hydroxylation is 2. The fraction of sp³-hybridized carbons (Fsp3) is 0.462. The van der Waals surface area contributed by atoms with Gasteiger partial charge in [0.2, 0.25) is 0 Å². The van der Waals surface area contributed by atoms with E-state index >= 15 is 4.39 Å². The second-order valence-corrected chi connectivity index (χ2v) is 16.2. The summed E-state index contributed by atoms with van der Waals surface area (Å²) in [5, 5.41) is 14.5. The smallest absolute Gasteiger partial charge is 0.308 e. The topological polar surface area (TPSA) is 119 Å². The van der Waals surface area contributed by atoms with Crippen LogP contribution in [0.2, 0.25) is 0 Å². The van der Waals surface area contributed by atoms with Gasteiger partial charge in [0.15, 0.2) is 11.6 Å². The SMILES string of the molecule is CCCCCCCCCn1ccc2c(NC3C4CCC(CC4)C3C(=O)O)nc(-c3cn(S(=O)(=O)c4ccc(C)cc4)c4c(F)cc(F)cc34)nc21. The maximum atomic E-state index is 15.6. The molecule has 0 spiro atoms. The molecule has 3 aliphatic carbocycles. The number of aromatic nitrogens is 4. The number of halogens is 2. The third-order valence-corrected chi connectivity index (χ3v) is 12.7. The number of hydrogen-bond donors (Lipinski definition) is 2. The molecule has 2 bridgehead atoms. The maximum absolute atomic E-state index is 15.6. The Morgan fingerprint density at radius 1 is 0.922 bits per heavy atom. The molecule has 2 aromatic carbocycles. The molecule has 9 nitrogen and oxygen atoms in total. The van der Waals surface area contributed by atoms with Crippen LogP contribution in [0.5, 0.6) is 0 Å². The highest BCUT2D eigenvalue weighted by atomic mass is 32.2. The van der Waals surface area contributed by atoms with Crippen LogP contribution in [-0.4, -0.2) is 44.0 Å². The molecule has 3 saturated carbocycles. The molecule has 3 aromatic heterocycles. The van der Waals surface area contributed by atoms with Gasteiger partial charge >= 0.3 is 5.97 Å². The van der Waals surface area contributed by atoms with E-state index in [1.54, 1.807) is 12.1 Å². The lowest BCUT2D eigenvalue weighted by molar-refractivity contribution is -0.148. The number of anilines is 1. The van der Waals surface area contributed by atoms with Gasteiger partial charge in [0.25, 0.3) is 10.0 Å². The Morgan fingerprint density at radius 2 is 1.61 bits per heavy atom. The molecule has 2 N–H and O–H groups in total. The first-order valence-electron chi connectivity index (χ1n) is 18.3. The molecule has 3 heterocycles. The third-order valence-electron chi connectivity index (χ3n) is 11.0. The van der Waals surface area contributed by atoms with Crippen molar-refractivity contribution in [2.75, 3.05) is 5.32 Å². The zero-order valence-corrected chi connectivity index (χ0v) is 29.9. The Balaban J connectivity index is 1.35. The van der Waals surface area contributed by atoms with Crippen molar-refractivity contribution >= 4 is 43.7 Å². The molecule has 5 aromatic rings. The molecule has 0 saturated heterocycles. The van der Waals surface area contributed by atoms with Crippen molar-refractivity contribution in [3.05, 3.63) is 72.1 Å². The van der Waals surface area contributed by atoms with Crippen LogP contribution in [0.15, 0.2) is 59.8 Å². The van der Waals surface area contributed by atoms with E-state index in [9.17, 15) is 22.7 Å². The molecule has 8 rings (SSSR count). The predicted octanol–water partition coefficient (Wildman–Crippen LogP) is 8.93. The van der Waals surface area contributed by atoms with Gasteiger partial charge in [0.1, 0.15) is 22.8 Å². The minimum absolute atomic E-state index is 0.0128. The van der Waals surface area contributed by atoms with Crippen LogP contribution in [0.1, 0.15) is 83.1 Å². The Labute approximate surface area is 297 Å². The highest BCUT2D eigenvalue weighted by Gasteiger charge is 2.47. The highest BCUT2D eigenvalue weighted by molar-refractivity contribution is 7.90. The van der Waals surface area contributed by atoms with E-state index in [2.05, 4.69) is 12.2 Å². The highest BCUT2D eigenvalue weighted by Crippen LogP contribution is 2.47. The summed E-state index contributed by atoms with van der Waals surface area (Å²) in [5.74, 6) is -2.57. The molecule has 3 aliphatic rings. The summed E-state index contributed by atoms with van der Waals surface area (Å²) in [7, 11) is -4.31. The number of hydrogen-bond acceptors (Lipinski definition) is 6. The summed E-state index contributed by atoms with van der Waals surface area (Å²) in [6, 6.07) is 9.56. The number of fused-ring (bicyclic) bond motifs is 5. The number of aliphatic carboxylic acids is 1. The normalized spacial score (nSPS) is 20.4. The Bertz CT molecular complexity index is 2170. The third kappa shape index (κ3) is 6.74. The number of carbonyl (C=O) groups is 1. The molecule has 0 aliphatic heterocycles. The van der Waals surface area contributed by atoms with Crippen molar-refractivity contribution in [1.29, 1.82) is 0 Å². The number of carboxylic acid groups (broad SMARTS) is 1. The lowest BCUT2D eigenvalue weighted by Crippen LogP contribution is -2.51. The largest absolute Gasteiger partial charge is 0.481 e. The van der Waals surface area contributed by atoms with Gasteiger partial charge in [0.05, 0.1) is 16.2 Å². The van der Waals surface area contributed by atoms with Gasteiger partial charge in [-0.2, -0.15) is 0 Å². The number of nitrogens with zero attached hydrogens (tertiary/aromatic N) is 4. The first kappa shape index (κ1) is 35.1. The van der Waals surface area contributed by atoms with Gasteiger partial charge in [-0.25, -0.2) is 31.1 Å². The van der Waals surface area contributed by atoms with E-state index in [1.807, 2.05) is 23.8 Å². The van der Waals surface area contributed by atoms with Gasteiger partial charge in [0, 0.05) is 42.0 Å². The van der Waals surface area contributed by atoms with Gasteiger partial charge in [-0.05, 0) is 75.1 Å². The number of benzene rings is 2. The Hall–Kier alpha value is -4.32. The number of unbranched alkanes of at least 4 members (excludes halogenated alkanes) is 6. The number of rotatable bonds is 14. The lowest BCUT2D eigenvalue weighted by atomic mass is 9.61. The lowest BCUT2D eigenvalue weighted by Gasteiger charge is -2.47. The van der Waals surface area contributed by atoms with Crippen molar-refractivity contribution in [3.8, 4) is 11.4 Å². The van der Waals surface area contributed by atoms with Crippen LogP contribution in [0, 0.1) is 36.3 Å². The standard InChI is InChI=1S/C39H45F2N5O4S/c1-3-4-5-6-7-8-9-19-45-20-18-29-36(42-34-26-14-12-25(13-15-26)33(34)39(47)48)43-37(44-38(29)45)31-23-46(35-30(31)21-27(40)22-32(35)41)51(49,50)28-16-10-24(2)11-17-28/h10-11,16-18,20-23,25-26,33-34H,3-9,12-15,19H2,1-2H3,(H,47,48)(H,42,43,44). The minimum Gasteiger partial charge on any atom is -0.481 e. The zero-order chi connectivity index (χ0) is 35.9. The van der Waals surface area contributed by atoms with Crippen molar-refractivity contribution in [1.82, 2.24) is 18.5 Å². The van der Waals surface area contributed by atoms with Gasteiger partial charge < -0.3 is 15.0 Å². The number of carboxylic acids is 1. The number of nitrogens with one attached hydrogen (secondary N) is 1.